The largest absolute Gasteiger partial charge is 0.351 e. The van der Waals surface area contributed by atoms with Crippen LogP contribution in [0, 0.1) is 6.92 Å². The van der Waals surface area contributed by atoms with Crippen molar-refractivity contribution in [2.45, 2.75) is 19.8 Å². The van der Waals surface area contributed by atoms with E-state index in [1.54, 1.807) is 0 Å². The zero-order chi connectivity index (χ0) is 13.0. The molecule has 0 aliphatic heterocycles. The normalized spacial score (nSPS) is 10.6. The highest BCUT2D eigenvalue weighted by Gasteiger charge is 2.07. The van der Waals surface area contributed by atoms with Crippen molar-refractivity contribution in [2.24, 2.45) is 0 Å². The zero-order valence-electron chi connectivity index (χ0n) is 10.00. The molecule has 0 spiro atoms. The molecule has 96 valence electrons. The first-order valence-electron chi connectivity index (χ1n) is 5.69. The third-order valence-corrected chi connectivity index (χ3v) is 4.26. The smallest absolute Gasteiger partial charge is 0.261 e. The molecule has 1 amide bonds. The van der Waals surface area contributed by atoms with Crippen LogP contribution in [0.1, 0.15) is 27.3 Å². The molecule has 0 atom stereocenters. The number of hydrogen-bond donors (Lipinski definition) is 2. The number of aromatic amines is 1. The van der Waals surface area contributed by atoms with Crippen LogP contribution in [0.25, 0.3) is 0 Å². The molecule has 2 rings (SSSR count). The van der Waals surface area contributed by atoms with Crippen molar-refractivity contribution in [1.29, 1.82) is 0 Å². The maximum absolute atomic E-state index is 11.7. The fourth-order valence-electron chi connectivity index (χ4n) is 1.63. The van der Waals surface area contributed by atoms with Gasteiger partial charge < -0.3 is 5.32 Å². The average Bonchev–Trinajstić information content (AvgIpc) is 2.94. The number of thiophene rings is 1. The number of aryl methyl sites for hydroxylation is 2. The van der Waals surface area contributed by atoms with Gasteiger partial charge in [0.25, 0.3) is 5.91 Å². The molecule has 2 heterocycles. The molecule has 0 aromatic carbocycles. The van der Waals surface area contributed by atoms with Gasteiger partial charge in [-0.3, -0.25) is 9.89 Å². The van der Waals surface area contributed by atoms with Crippen LogP contribution in [0.4, 0.5) is 0 Å². The number of hydrogen-bond acceptors (Lipinski definition) is 3. The molecule has 0 bridgehead atoms. The topological polar surface area (TPSA) is 57.8 Å². The molecule has 0 unspecified atom stereocenters. The Kier molecular flexibility index (Phi) is 4.54. The minimum absolute atomic E-state index is 0.00499. The summed E-state index contributed by atoms with van der Waals surface area (Å²) in [6.07, 6.45) is 3.68. The summed E-state index contributed by atoms with van der Waals surface area (Å²) in [5.74, 6) is -0.00499. The second kappa shape index (κ2) is 6.15. The van der Waals surface area contributed by atoms with Crippen LogP contribution in [0.3, 0.4) is 0 Å². The summed E-state index contributed by atoms with van der Waals surface area (Å²) in [5, 5.41) is 9.79. The highest BCUT2D eigenvalue weighted by molar-refractivity contribution is 9.11. The van der Waals surface area contributed by atoms with Gasteiger partial charge in [-0.25, -0.2) is 0 Å². The zero-order valence-corrected chi connectivity index (χ0v) is 12.4. The minimum Gasteiger partial charge on any atom is -0.351 e. The number of halogens is 1. The molecule has 0 aliphatic carbocycles. The van der Waals surface area contributed by atoms with Gasteiger partial charge in [-0.05, 0) is 53.4 Å². The van der Waals surface area contributed by atoms with E-state index in [2.05, 4.69) is 31.4 Å². The van der Waals surface area contributed by atoms with E-state index in [4.69, 9.17) is 0 Å². The van der Waals surface area contributed by atoms with Crippen LogP contribution in [0.5, 0.6) is 0 Å². The monoisotopic (exact) mass is 327 g/mol. The van der Waals surface area contributed by atoms with Crippen molar-refractivity contribution < 1.29 is 4.79 Å². The lowest BCUT2D eigenvalue weighted by atomic mass is 10.1. The molecule has 2 aromatic heterocycles. The predicted molar refractivity (Wildman–Crippen MR) is 76.0 cm³/mol. The van der Waals surface area contributed by atoms with Crippen LogP contribution in [-0.4, -0.2) is 22.6 Å². The number of nitrogens with one attached hydrogen (secondary N) is 2. The lowest BCUT2D eigenvalue weighted by Crippen LogP contribution is -2.23. The molecule has 0 saturated heterocycles. The summed E-state index contributed by atoms with van der Waals surface area (Å²) < 4.78 is 0.974. The van der Waals surface area contributed by atoms with Gasteiger partial charge >= 0.3 is 0 Å². The minimum atomic E-state index is -0.00499. The van der Waals surface area contributed by atoms with Gasteiger partial charge in [-0.1, -0.05) is 0 Å². The summed E-state index contributed by atoms with van der Waals surface area (Å²) >= 11 is 4.79. The summed E-state index contributed by atoms with van der Waals surface area (Å²) in [7, 11) is 0. The Bertz CT molecular complexity index is 535. The predicted octanol–water partition coefficient (Wildman–Crippen LogP) is 2.90. The van der Waals surface area contributed by atoms with Gasteiger partial charge in [-0.2, -0.15) is 5.10 Å². The quantitative estimate of drug-likeness (QED) is 0.829. The number of aromatic nitrogens is 2. The molecule has 0 radical (unpaired) electrons. The summed E-state index contributed by atoms with van der Waals surface area (Å²) in [6.45, 7) is 2.68. The molecule has 0 aliphatic rings. The van der Waals surface area contributed by atoms with Gasteiger partial charge in [0.15, 0.2) is 0 Å². The number of carbonyl (C=O) groups excluding carboxylic acids is 1. The number of nitrogens with zero attached hydrogens (tertiary/aromatic N) is 1. The second-order valence-electron chi connectivity index (χ2n) is 3.98. The van der Waals surface area contributed by atoms with Crippen molar-refractivity contribution in [3.8, 4) is 0 Å². The third kappa shape index (κ3) is 3.43. The summed E-state index contributed by atoms with van der Waals surface area (Å²) in [4.78, 5) is 12.5. The molecule has 18 heavy (non-hydrogen) atoms. The van der Waals surface area contributed by atoms with E-state index in [-0.39, 0.29) is 5.91 Å². The fraction of sp³-hybridized carbons (Fsp3) is 0.333. The Morgan fingerprint density at radius 2 is 2.39 bits per heavy atom. The van der Waals surface area contributed by atoms with E-state index in [1.165, 1.54) is 16.9 Å². The van der Waals surface area contributed by atoms with Gasteiger partial charge in [0.1, 0.15) is 0 Å². The molecule has 6 heteroatoms. The van der Waals surface area contributed by atoms with Gasteiger partial charge in [-0.15, -0.1) is 11.3 Å². The van der Waals surface area contributed by atoms with E-state index < -0.39 is 0 Å². The summed E-state index contributed by atoms with van der Waals surface area (Å²) in [5.41, 5.74) is 2.31. The van der Waals surface area contributed by atoms with E-state index in [0.717, 1.165) is 27.2 Å². The molecule has 0 fully saturated rings. The van der Waals surface area contributed by atoms with Crippen LogP contribution in [0.15, 0.2) is 22.1 Å². The van der Waals surface area contributed by atoms with Gasteiger partial charge in [0, 0.05) is 12.2 Å². The molecular weight excluding hydrogens is 314 g/mol. The van der Waals surface area contributed by atoms with Gasteiger partial charge in [0.05, 0.1) is 14.9 Å². The van der Waals surface area contributed by atoms with Crippen LogP contribution in [-0.2, 0) is 6.42 Å². The lowest BCUT2D eigenvalue weighted by Gasteiger charge is -2.03. The second-order valence-corrected chi connectivity index (χ2v) is 6.45. The highest BCUT2D eigenvalue weighted by Crippen LogP contribution is 2.21. The maximum atomic E-state index is 11.7. The SMILES string of the molecule is Cc1[nH]ncc1CCCNC(=O)c1ccc(Br)s1. The number of rotatable bonds is 5. The van der Waals surface area contributed by atoms with Crippen molar-refractivity contribution in [1.82, 2.24) is 15.5 Å². The van der Waals surface area contributed by atoms with Crippen LogP contribution in [0.2, 0.25) is 0 Å². The lowest BCUT2D eigenvalue weighted by molar-refractivity contribution is 0.0957. The number of carbonyl (C=O) groups is 1. The molecule has 0 saturated carbocycles. The Morgan fingerprint density at radius 1 is 1.56 bits per heavy atom. The Hall–Kier alpha value is -1.14. The third-order valence-electron chi connectivity index (χ3n) is 2.64. The molecule has 4 nitrogen and oxygen atoms in total. The summed E-state index contributed by atoms with van der Waals surface area (Å²) in [6, 6.07) is 3.71. The molecule has 2 aromatic rings. The van der Waals surface area contributed by atoms with Crippen molar-refractivity contribution in [2.75, 3.05) is 6.54 Å². The fourth-order valence-corrected chi connectivity index (χ4v) is 2.93. The molecule has 2 N–H and O–H groups in total. The maximum Gasteiger partial charge on any atom is 0.261 e. The van der Waals surface area contributed by atoms with E-state index >= 15 is 0 Å². The molecular formula is C12H14BrN3OS. The van der Waals surface area contributed by atoms with Crippen LogP contribution >= 0.6 is 27.3 Å². The van der Waals surface area contributed by atoms with Crippen LogP contribution < -0.4 is 5.32 Å². The average molecular weight is 328 g/mol. The Labute approximate surface area is 118 Å². The van der Waals surface area contributed by atoms with Crippen molar-refractivity contribution in [3.05, 3.63) is 38.3 Å². The van der Waals surface area contributed by atoms with E-state index in [9.17, 15) is 4.79 Å². The first-order valence-corrected chi connectivity index (χ1v) is 7.30. The highest BCUT2D eigenvalue weighted by atomic mass is 79.9. The van der Waals surface area contributed by atoms with Crippen molar-refractivity contribution >= 4 is 33.2 Å². The van der Waals surface area contributed by atoms with E-state index in [1.807, 2.05) is 25.3 Å². The number of H-pyrrole nitrogens is 1. The first kappa shape index (κ1) is 13.3. The number of amides is 1. The Balaban J connectivity index is 1.73. The van der Waals surface area contributed by atoms with Gasteiger partial charge in [0.2, 0.25) is 0 Å². The van der Waals surface area contributed by atoms with Crippen molar-refractivity contribution in [3.63, 3.8) is 0 Å². The van der Waals surface area contributed by atoms with E-state index in [0.29, 0.717) is 6.54 Å². The first-order chi connectivity index (χ1) is 8.66. The Morgan fingerprint density at radius 3 is 3.00 bits per heavy atom. The standard InChI is InChI=1S/C12H14BrN3OS/c1-8-9(7-15-16-8)3-2-6-14-12(17)10-4-5-11(13)18-10/h4-5,7H,2-3,6H2,1H3,(H,14,17)(H,15,16).